The van der Waals surface area contributed by atoms with Crippen LogP contribution in [-0.2, 0) is 16.0 Å². The van der Waals surface area contributed by atoms with Gasteiger partial charge in [0.2, 0.25) is 10.8 Å². The van der Waals surface area contributed by atoms with Crippen LogP contribution in [0.2, 0.25) is 0 Å². The van der Waals surface area contributed by atoms with Crippen molar-refractivity contribution in [3.05, 3.63) is 40.5 Å². The summed E-state index contributed by atoms with van der Waals surface area (Å²) >= 11 is 1.45. The molecule has 1 unspecified atom stereocenters. The maximum atomic E-state index is 12.2. The highest BCUT2D eigenvalue weighted by Crippen LogP contribution is 2.42. The zero-order chi connectivity index (χ0) is 22.0. The van der Waals surface area contributed by atoms with Crippen molar-refractivity contribution in [2.45, 2.75) is 39.2 Å². The number of aromatic hydroxyl groups is 1. The Morgan fingerprint density at radius 3 is 2.74 bits per heavy atom. The number of aryl methyl sites for hydroxylation is 1. The standard InChI is InChI=1S/C22H28N4O4S/c1-4-17-23-22-26(24-17)20(27)19(31-22)18(15-7-6-8-16(13-15)29-3)25-11-9-14(10-12-25)21(28)30-5-2/h6-8,13-14,18,27H,4-5,9-12H2,1-3H3. The van der Waals surface area contributed by atoms with Crippen LogP contribution in [-0.4, -0.2) is 57.4 Å². The Kier molecular flexibility index (Phi) is 6.43. The fraction of sp³-hybridized carbons (Fsp3) is 0.500. The molecule has 1 aromatic carbocycles. The first kappa shape index (κ1) is 21.6. The lowest BCUT2D eigenvalue weighted by atomic mass is 9.93. The molecule has 2 aromatic heterocycles. The van der Waals surface area contributed by atoms with E-state index in [-0.39, 0.29) is 23.8 Å². The van der Waals surface area contributed by atoms with Crippen molar-refractivity contribution >= 4 is 22.3 Å². The van der Waals surface area contributed by atoms with Gasteiger partial charge in [0.05, 0.1) is 30.6 Å². The molecule has 0 spiro atoms. The highest BCUT2D eigenvalue weighted by Gasteiger charge is 2.34. The molecule has 4 rings (SSSR count). The van der Waals surface area contributed by atoms with Crippen molar-refractivity contribution in [3.8, 4) is 11.6 Å². The fourth-order valence-electron chi connectivity index (χ4n) is 4.11. The highest BCUT2D eigenvalue weighted by atomic mass is 32.1. The third-order valence-corrected chi connectivity index (χ3v) is 6.80. The van der Waals surface area contributed by atoms with Gasteiger partial charge in [-0.05, 0) is 50.6 Å². The van der Waals surface area contributed by atoms with Gasteiger partial charge >= 0.3 is 5.97 Å². The summed E-state index contributed by atoms with van der Waals surface area (Å²) in [6, 6.07) is 7.71. The van der Waals surface area contributed by atoms with Crippen molar-refractivity contribution in [2.24, 2.45) is 5.92 Å². The van der Waals surface area contributed by atoms with Gasteiger partial charge in [0.25, 0.3) is 0 Å². The molecule has 0 bridgehead atoms. The third kappa shape index (κ3) is 4.24. The van der Waals surface area contributed by atoms with Crippen molar-refractivity contribution in [3.63, 3.8) is 0 Å². The van der Waals surface area contributed by atoms with E-state index in [0.717, 1.165) is 42.1 Å². The predicted octanol–water partition coefficient (Wildman–Crippen LogP) is 3.43. The molecular weight excluding hydrogens is 416 g/mol. The average Bonchev–Trinajstić information content (AvgIpc) is 3.34. The second-order valence-corrected chi connectivity index (χ2v) is 8.62. The maximum absolute atomic E-state index is 12.2. The van der Waals surface area contributed by atoms with Gasteiger partial charge in [-0.1, -0.05) is 30.4 Å². The Balaban J connectivity index is 1.68. The molecule has 1 N–H and O–H groups in total. The lowest BCUT2D eigenvalue weighted by molar-refractivity contribution is -0.149. The fourth-order valence-corrected chi connectivity index (χ4v) is 5.25. The lowest BCUT2D eigenvalue weighted by Crippen LogP contribution is -2.39. The molecule has 1 fully saturated rings. The summed E-state index contributed by atoms with van der Waals surface area (Å²) in [4.78, 5) is 20.5. The molecule has 3 aromatic rings. The van der Waals surface area contributed by atoms with Gasteiger partial charge in [-0.25, -0.2) is 4.98 Å². The van der Waals surface area contributed by atoms with E-state index in [2.05, 4.69) is 15.0 Å². The van der Waals surface area contributed by atoms with Crippen LogP contribution in [0.3, 0.4) is 0 Å². The zero-order valence-corrected chi connectivity index (χ0v) is 18.9. The number of benzene rings is 1. The number of nitrogens with zero attached hydrogens (tertiary/aromatic N) is 4. The number of carbonyl (C=O) groups excluding carboxylic acids is 1. The average molecular weight is 445 g/mol. The number of aromatic nitrogens is 3. The van der Waals surface area contributed by atoms with Gasteiger partial charge in [-0.15, -0.1) is 5.10 Å². The van der Waals surface area contributed by atoms with E-state index < -0.39 is 0 Å². The van der Waals surface area contributed by atoms with Crippen LogP contribution < -0.4 is 4.74 Å². The first-order chi connectivity index (χ1) is 15.0. The number of hydrogen-bond acceptors (Lipinski definition) is 8. The van der Waals surface area contributed by atoms with E-state index in [1.807, 2.05) is 38.1 Å². The molecule has 1 atom stereocenters. The van der Waals surface area contributed by atoms with Crippen LogP contribution in [0.1, 0.15) is 49.0 Å². The first-order valence-electron chi connectivity index (χ1n) is 10.7. The Hall–Kier alpha value is -2.65. The molecule has 0 aliphatic carbocycles. The number of esters is 1. The zero-order valence-electron chi connectivity index (χ0n) is 18.1. The number of ether oxygens (including phenoxy) is 2. The summed E-state index contributed by atoms with van der Waals surface area (Å²) in [6.45, 7) is 5.67. The van der Waals surface area contributed by atoms with Gasteiger partial charge < -0.3 is 14.6 Å². The van der Waals surface area contributed by atoms with Crippen molar-refractivity contribution in [1.82, 2.24) is 19.5 Å². The normalized spacial score (nSPS) is 16.5. The molecular formula is C22H28N4O4S. The molecule has 0 saturated carbocycles. The van der Waals surface area contributed by atoms with Crippen LogP contribution in [0.25, 0.3) is 4.96 Å². The molecule has 1 aliphatic heterocycles. The smallest absolute Gasteiger partial charge is 0.309 e. The van der Waals surface area contributed by atoms with Crippen LogP contribution in [0.4, 0.5) is 0 Å². The van der Waals surface area contributed by atoms with Crippen LogP contribution in [0, 0.1) is 5.92 Å². The van der Waals surface area contributed by atoms with E-state index in [1.165, 1.54) is 15.9 Å². The minimum Gasteiger partial charge on any atom is -0.497 e. The Morgan fingerprint density at radius 2 is 2.10 bits per heavy atom. The number of hydrogen-bond donors (Lipinski definition) is 1. The summed E-state index contributed by atoms with van der Waals surface area (Å²) in [5.74, 6) is 1.39. The minimum absolute atomic E-state index is 0.0785. The number of methoxy groups -OCH3 is 1. The van der Waals surface area contributed by atoms with E-state index in [1.54, 1.807) is 7.11 Å². The number of carbonyl (C=O) groups is 1. The quantitative estimate of drug-likeness (QED) is 0.559. The minimum atomic E-state index is -0.183. The summed E-state index contributed by atoms with van der Waals surface area (Å²) in [5.41, 5.74) is 1.02. The summed E-state index contributed by atoms with van der Waals surface area (Å²) in [6.07, 6.45) is 2.16. The second-order valence-electron chi connectivity index (χ2n) is 7.61. The number of fused-ring (bicyclic) bond motifs is 1. The van der Waals surface area contributed by atoms with Crippen LogP contribution in [0.15, 0.2) is 24.3 Å². The predicted molar refractivity (Wildman–Crippen MR) is 118 cm³/mol. The molecule has 9 heteroatoms. The topological polar surface area (TPSA) is 89.2 Å². The summed E-state index contributed by atoms with van der Waals surface area (Å²) in [5, 5.41) is 15.5. The number of piperidine rings is 1. The molecule has 0 radical (unpaired) electrons. The van der Waals surface area contributed by atoms with Gasteiger partial charge in [0, 0.05) is 6.42 Å². The Labute approximate surface area is 185 Å². The molecule has 0 amide bonds. The highest BCUT2D eigenvalue weighted by molar-refractivity contribution is 7.17. The van der Waals surface area contributed by atoms with E-state index in [9.17, 15) is 9.90 Å². The molecule has 1 saturated heterocycles. The van der Waals surface area contributed by atoms with Crippen LogP contribution in [0.5, 0.6) is 11.6 Å². The van der Waals surface area contributed by atoms with Crippen molar-refractivity contribution in [2.75, 3.05) is 26.8 Å². The SMILES string of the molecule is CCOC(=O)C1CCN(C(c2cccc(OC)c2)c2sc3nc(CC)nn3c2O)CC1. The number of rotatable bonds is 7. The number of thiazole rings is 1. The van der Waals surface area contributed by atoms with E-state index >= 15 is 0 Å². The molecule has 31 heavy (non-hydrogen) atoms. The van der Waals surface area contributed by atoms with Crippen molar-refractivity contribution < 1.29 is 19.4 Å². The molecule has 166 valence electrons. The maximum Gasteiger partial charge on any atom is 0.309 e. The molecule has 8 nitrogen and oxygen atoms in total. The van der Waals surface area contributed by atoms with E-state index in [4.69, 9.17) is 9.47 Å². The Morgan fingerprint density at radius 1 is 1.32 bits per heavy atom. The van der Waals surface area contributed by atoms with Gasteiger partial charge in [0.1, 0.15) is 5.75 Å². The lowest BCUT2D eigenvalue weighted by Gasteiger charge is -2.36. The largest absolute Gasteiger partial charge is 0.497 e. The van der Waals surface area contributed by atoms with Gasteiger partial charge in [-0.3, -0.25) is 9.69 Å². The molecule has 3 heterocycles. The molecule has 1 aliphatic rings. The van der Waals surface area contributed by atoms with E-state index in [0.29, 0.717) is 23.8 Å². The monoisotopic (exact) mass is 444 g/mol. The Bertz CT molecular complexity index is 1060. The summed E-state index contributed by atoms with van der Waals surface area (Å²) in [7, 11) is 1.64. The van der Waals surface area contributed by atoms with Gasteiger partial charge in [-0.2, -0.15) is 4.52 Å². The van der Waals surface area contributed by atoms with Crippen molar-refractivity contribution in [1.29, 1.82) is 0 Å². The first-order valence-corrected chi connectivity index (χ1v) is 11.5. The third-order valence-electron chi connectivity index (χ3n) is 5.73. The van der Waals surface area contributed by atoms with Crippen LogP contribution >= 0.6 is 11.3 Å². The number of likely N-dealkylation sites (tertiary alicyclic amines) is 1. The summed E-state index contributed by atoms with van der Waals surface area (Å²) < 4.78 is 12.2. The second kappa shape index (κ2) is 9.23. The van der Waals surface area contributed by atoms with Gasteiger partial charge in [0.15, 0.2) is 5.82 Å².